The maximum absolute atomic E-state index is 11.2. The highest BCUT2D eigenvalue weighted by atomic mass is 16.5. The molecule has 1 rings (SSSR count). The number of esters is 1. The van der Waals surface area contributed by atoms with Crippen molar-refractivity contribution in [2.24, 2.45) is 0 Å². The van der Waals surface area contributed by atoms with Gasteiger partial charge in [-0.3, -0.25) is 4.79 Å². The van der Waals surface area contributed by atoms with Crippen LogP contribution in [0.2, 0.25) is 0 Å². The molecule has 0 saturated carbocycles. The van der Waals surface area contributed by atoms with Crippen molar-refractivity contribution in [1.82, 2.24) is 5.32 Å². The van der Waals surface area contributed by atoms with Gasteiger partial charge < -0.3 is 14.8 Å². The molecule has 0 saturated heterocycles. The molecule has 0 aromatic heterocycles. The third kappa shape index (κ3) is 4.37. The first kappa shape index (κ1) is 14.5. The number of methoxy groups -OCH3 is 1. The highest BCUT2D eigenvalue weighted by molar-refractivity contribution is 5.69. The third-order valence-electron chi connectivity index (χ3n) is 2.69. The molecule has 0 bridgehead atoms. The normalized spacial score (nSPS) is 11.9. The Labute approximate surface area is 108 Å². The van der Waals surface area contributed by atoms with Crippen LogP contribution in [0.25, 0.3) is 0 Å². The van der Waals surface area contributed by atoms with Crippen LogP contribution in [-0.2, 0) is 9.53 Å². The molecule has 0 unspecified atom stereocenters. The molecule has 1 aromatic carbocycles. The molecule has 0 radical (unpaired) electrons. The summed E-state index contributed by atoms with van der Waals surface area (Å²) in [4.78, 5) is 11.2. The molecule has 0 aliphatic carbocycles. The zero-order valence-corrected chi connectivity index (χ0v) is 11.2. The fourth-order valence-electron chi connectivity index (χ4n) is 1.76. The maximum Gasteiger partial charge on any atom is 0.307 e. The first-order valence-electron chi connectivity index (χ1n) is 6.21. The van der Waals surface area contributed by atoms with Gasteiger partial charge in [0.1, 0.15) is 5.75 Å². The van der Waals surface area contributed by atoms with Gasteiger partial charge in [-0.1, -0.05) is 18.2 Å². The molecule has 1 N–H and O–H groups in total. The van der Waals surface area contributed by atoms with E-state index in [0.29, 0.717) is 19.6 Å². The van der Waals surface area contributed by atoms with Crippen molar-refractivity contribution in [2.45, 2.75) is 26.3 Å². The van der Waals surface area contributed by atoms with Gasteiger partial charge in [0.05, 0.1) is 20.1 Å². The first-order valence-corrected chi connectivity index (χ1v) is 6.21. The van der Waals surface area contributed by atoms with Crippen LogP contribution in [0.3, 0.4) is 0 Å². The van der Waals surface area contributed by atoms with Crippen molar-refractivity contribution in [3.05, 3.63) is 29.8 Å². The quantitative estimate of drug-likeness (QED) is 0.755. The van der Waals surface area contributed by atoms with Crippen molar-refractivity contribution in [2.75, 3.05) is 20.3 Å². The lowest BCUT2D eigenvalue weighted by molar-refractivity contribution is -0.143. The molecule has 1 atom stereocenters. The second-order valence-electron chi connectivity index (χ2n) is 3.97. The molecule has 4 nitrogen and oxygen atoms in total. The van der Waals surface area contributed by atoms with Gasteiger partial charge in [-0.05, 0) is 19.9 Å². The lowest BCUT2D eigenvalue weighted by Gasteiger charge is -2.16. The van der Waals surface area contributed by atoms with Gasteiger partial charge in [-0.15, -0.1) is 0 Å². The summed E-state index contributed by atoms with van der Waals surface area (Å²) in [5.74, 6) is 0.686. The molecule has 0 spiro atoms. The van der Waals surface area contributed by atoms with Crippen LogP contribution < -0.4 is 10.1 Å². The maximum atomic E-state index is 11.2. The van der Waals surface area contributed by atoms with Gasteiger partial charge in [-0.2, -0.15) is 0 Å². The molecule has 0 amide bonds. The Hall–Kier alpha value is -1.55. The number of nitrogens with one attached hydrogen (secondary N) is 1. The molecular weight excluding hydrogens is 230 g/mol. The lowest BCUT2D eigenvalue weighted by Crippen LogP contribution is -2.23. The van der Waals surface area contributed by atoms with Gasteiger partial charge in [0.2, 0.25) is 0 Å². The Morgan fingerprint density at radius 1 is 1.39 bits per heavy atom. The van der Waals surface area contributed by atoms with Gasteiger partial charge in [0.25, 0.3) is 0 Å². The molecule has 0 fully saturated rings. The number of hydrogen-bond donors (Lipinski definition) is 1. The van der Waals surface area contributed by atoms with Crippen LogP contribution >= 0.6 is 0 Å². The van der Waals surface area contributed by atoms with Gasteiger partial charge in [-0.25, -0.2) is 0 Å². The predicted molar refractivity (Wildman–Crippen MR) is 70.7 cm³/mol. The number of hydrogen-bond acceptors (Lipinski definition) is 4. The van der Waals surface area contributed by atoms with E-state index in [2.05, 4.69) is 5.32 Å². The van der Waals surface area contributed by atoms with Crippen molar-refractivity contribution in [3.8, 4) is 5.75 Å². The fraction of sp³-hybridized carbons (Fsp3) is 0.500. The van der Waals surface area contributed by atoms with Gasteiger partial charge >= 0.3 is 5.97 Å². The van der Waals surface area contributed by atoms with E-state index >= 15 is 0 Å². The topological polar surface area (TPSA) is 47.6 Å². The Bertz CT molecular complexity index is 379. The van der Waals surface area contributed by atoms with Crippen molar-refractivity contribution in [1.29, 1.82) is 0 Å². The van der Waals surface area contributed by atoms with Crippen molar-refractivity contribution >= 4 is 5.97 Å². The van der Waals surface area contributed by atoms with E-state index in [4.69, 9.17) is 9.47 Å². The highest BCUT2D eigenvalue weighted by Gasteiger charge is 2.10. The second kappa shape index (κ2) is 7.71. The minimum atomic E-state index is -0.169. The minimum Gasteiger partial charge on any atom is -0.496 e. The summed E-state index contributed by atoms with van der Waals surface area (Å²) in [5.41, 5.74) is 1.09. The molecule has 0 aliphatic rings. The number of rotatable bonds is 7. The molecule has 1 aromatic rings. The van der Waals surface area contributed by atoms with E-state index in [-0.39, 0.29) is 12.0 Å². The average molecular weight is 251 g/mol. The lowest BCUT2D eigenvalue weighted by atomic mass is 10.1. The minimum absolute atomic E-state index is 0.135. The van der Waals surface area contributed by atoms with Crippen LogP contribution in [0.1, 0.15) is 31.9 Å². The SMILES string of the molecule is CCOC(=O)CCN[C@H](C)c1ccccc1OC. The van der Waals surface area contributed by atoms with E-state index in [1.165, 1.54) is 0 Å². The Morgan fingerprint density at radius 3 is 2.78 bits per heavy atom. The van der Waals surface area contributed by atoms with E-state index in [9.17, 15) is 4.79 Å². The second-order valence-corrected chi connectivity index (χ2v) is 3.97. The summed E-state index contributed by atoms with van der Waals surface area (Å²) in [6.45, 7) is 4.88. The zero-order valence-electron chi connectivity index (χ0n) is 11.2. The van der Waals surface area contributed by atoms with Crippen LogP contribution in [0.15, 0.2) is 24.3 Å². The average Bonchev–Trinajstić information content (AvgIpc) is 2.38. The Balaban J connectivity index is 2.45. The number of benzene rings is 1. The number of ether oxygens (including phenoxy) is 2. The summed E-state index contributed by atoms with van der Waals surface area (Å²) >= 11 is 0. The molecule has 0 heterocycles. The molecule has 100 valence electrons. The summed E-state index contributed by atoms with van der Waals surface area (Å²) < 4.78 is 10.2. The van der Waals surface area contributed by atoms with E-state index in [0.717, 1.165) is 11.3 Å². The van der Waals surface area contributed by atoms with Gasteiger partial charge in [0.15, 0.2) is 0 Å². The van der Waals surface area contributed by atoms with Gasteiger partial charge in [0, 0.05) is 18.2 Å². The third-order valence-corrected chi connectivity index (χ3v) is 2.69. The van der Waals surface area contributed by atoms with Crippen molar-refractivity contribution in [3.63, 3.8) is 0 Å². The summed E-state index contributed by atoms with van der Waals surface area (Å²) in [7, 11) is 1.66. The highest BCUT2D eigenvalue weighted by Crippen LogP contribution is 2.23. The summed E-state index contributed by atoms with van der Waals surface area (Å²) in [6, 6.07) is 7.99. The predicted octanol–water partition coefficient (Wildman–Crippen LogP) is 2.30. The number of para-hydroxylation sites is 1. The van der Waals surface area contributed by atoms with Crippen molar-refractivity contribution < 1.29 is 14.3 Å². The molecule has 0 aliphatic heterocycles. The first-order chi connectivity index (χ1) is 8.69. The van der Waals surface area contributed by atoms with Crippen LogP contribution in [0, 0.1) is 0 Å². The summed E-state index contributed by atoms with van der Waals surface area (Å²) in [5, 5.41) is 3.28. The Kier molecular flexibility index (Phi) is 6.22. The summed E-state index contributed by atoms with van der Waals surface area (Å²) in [6.07, 6.45) is 0.382. The van der Waals surface area contributed by atoms with Crippen LogP contribution in [0.4, 0.5) is 0 Å². The molecule has 18 heavy (non-hydrogen) atoms. The smallest absolute Gasteiger partial charge is 0.307 e. The van der Waals surface area contributed by atoms with Crippen LogP contribution in [-0.4, -0.2) is 26.2 Å². The zero-order chi connectivity index (χ0) is 13.4. The standard InChI is InChI=1S/C14H21NO3/c1-4-18-14(16)9-10-15-11(2)12-7-5-6-8-13(12)17-3/h5-8,11,15H,4,9-10H2,1-3H3/t11-/m1/s1. The molecule has 4 heteroatoms. The largest absolute Gasteiger partial charge is 0.496 e. The van der Waals surface area contributed by atoms with E-state index in [1.54, 1.807) is 7.11 Å². The monoisotopic (exact) mass is 251 g/mol. The fourth-order valence-corrected chi connectivity index (χ4v) is 1.76. The van der Waals surface area contributed by atoms with E-state index in [1.807, 2.05) is 38.1 Å². The number of carbonyl (C=O) groups is 1. The Morgan fingerprint density at radius 2 is 2.11 bits per heavy atom. The van der Waals surface area contributed by atoms with Crippen LogP contribution in [0.5, 0.6) is 5.75 Å². The molecular formula is C14H21NO3. The van der Waals surface area contributed by atoms with E-state index < -0.39 is 0 Å². The number of carbonyl (C=O) groups excluding carboxylic acids is 1.